The normalized spacial score (nSPS) is 18.5. The Labute approximate surface area is 169 Å². The van der Waals surface area contributed by atoms with E-state index in [1.54, 1.807) is 20.8 Å². The van der Waals surface area contributed by atoms with Gasteiger partial charge in [0, 0.05) is 31.3 Å². The minimum absolute atomic E-state index is 0.0215. The number of carbonyl (C=O) groups excluding carboxylic acids is 1. The van der Waals surface area contributed by atoms with Crippen LogP contribution in [-0.4, -0.2) is 66.9 Å². The minimum Gasteiger partial charge on any atom is -0.473 e. The van der Waals surface area contributed by atoms with E-state index in [9.17, 15) is 22.7 Å². The third-order valence-electron chi connectivity index (χ3n) is 3.89. The zero-order valence-electron chi connectivity index (χ0n) is 16.6. The first kappa shape index (κ1) is 23.0. The van der Waals surface area contributed by atoms with Gasteiger partial charge in [0.25, 0.3) is 0 Å². The maximum atomic E-state index is 13.0. The summed E-state index contributed by atoms with van der Waals surface area (Å²) in [6, 6.07) is 2.69. The molecule has 9 nitrogen and oxygen atoms in total. The Hall–Kier alpha value is -2.24. The number of pyridine rings is 1. The molecule has 0 bridgehead atoms. The molecule has 1 aromatic heterocycles. The largest absolute Gasteiger partial charge is 0.473 e. The van der Waals surface area contributed by atoms with Gasteiger partial charge in [0.1, 0.15) is 17.1 Å². The lowest BCUT2D eigenvalue weighted by Gasteiger charge is -2.20. The quantitative estimate of drug-likeness (QED) is 0.673. The highest BCUT2D eigenvalue weighted by atomic mass is 32.2. The molecule has 0 aliphatic carbocycles. The third kappa shape index (κ3) is 6.94. The van der Waals surface area contributed by atoms with Crippen molar-refractivity contribution in [3.63, 3.8) is 0 Å². The van der Waals surface area contributed by atoms with Crippen LogP contribution in [-0.2, 0) is 14.8 Å². The summed E-state index contributed by atoms with van der Waals surface area (Å²) in [7, 11) is -3.74. The van der Waals surface area contributed by atoms with Gasteiger partial charge in [-0.25, -0.2) is 22.6 Å². The van der Waals surface area contributed by atoms with Crippen LogP contribution in [0.25, 0.3) is 0 Å². The van der Waals surface area contributed by atoms with Crippen molar-refractivity contribution in [1.82, 2.24) is 14.6 Å². The van der Waals surface area contributed by atoms with E-state index in [2.05, 4.69) is 10.3 Å². The van der Waals surface area contributed by atoms with Crippen LogP contribution >= 0.6 is 0 Å². The fourth-order valence-electron chi connectivity index (χ4n) is 2.47. The molecule has 2 rings (SSSR count). The lowest BCUT2D eigenvalue weighted by Crippen LogP contribution is -2.34. The molecule has 0 saturated carbocycles. The van der Waals surface area contributed by atoms with Crippen molar-refractivity contribution in [3.05, 3.63) is 30.2 Å². The molecule has 1 aliphatic rings. The number of carbonyl (C=O) groups is 1. The van der Waals surface area contributed by atoms with Crippen LogP contribution in [0.1, 0.15) is 27.2 Å². The second kappa shape index (κ2) is 9.51. The van der Waals surface area contributed by atoms with E-state index in [4.69, 9.17) is 9.47 Å². The van der Waals surface area contributed by atoms with Crippen LogP contribution in [0.15, 0.2) is 35.1 Å². The van der Waals surface area contributed by atoms with E-state index in [-0.39, 0.29) is 42.6 Å². The number of alkyl carbamates (subject to hydrolysis) is 1. The summed E-state index contributed by atoms with van der Waals surface area (Å²) < 4.78 is 49.6. The molecule has 1 aromatic rings. The number of aliphatic hydroxyl groups is 1. The molecule has 0 unspecified atom stereocenters. The molecule has 2 heterocycles. The first-order chi connectivity index (χ1) is 13.5. The monoisotopic (exact) mass is 431 g/mol. The molecule has 2 N–H and O–H groups in total. The number of nitrogens with zero attached hydrogens (tertiary/aromatic N) is 2. The Balaban J connectivity index is 1.88. The molecule has 29 heavy (non-hydrogen) atoms. The minimum atomic E-state index is -3.74. The molecule has 162 valence electrons. The SMILES string of the molecule is CC(C)(C)OC(=O)NC/C(=C\F)COc1ccc(S(=O)(=O)N2CC[C@H](O)C2)cn1. The summed E-state index contributed by atoms with van der Waals surface area (Å²) >= 11 is 0. The molecule has 0 aromatic carbocycles. The van der Waals surface area contributed by atoms with Gasteiger partial charge in [-0.15, -0.1) is 0 Å². The molecule has 11 heteroatoms. The number of aromatic nitrogens is 1. The highest BCUT2D eigenvalue weighted by Gasteiger charge is 2.31. The number of sulfonamides is 1. The van der Waals surface area contributed by atoms with E-state index >= 15 is 0 Å². The number of β-amino-alcohol motifs (C(OH)–C–C–N with tert-alkyl or cyclic N) is 1. The van der Waals surface area contributed by atoms with E-state index in [1.165, 1.54) is 16.4 Å². The number of halogens is 1. The molecular weight excluding hydrogens is 405 g/mol. The fourth-order valence-corrected chi connectivity index (χ4v) is 3.91. The first-order valence-electron chi connectivity index (χ1n) is 9.03. The summed E-state index contributed by atoms with van der Waals surface area (Å²) in [4.78, 5) is 15.5. The average molecular weight is 431 g/mol. The number of rotatable bonds is 7. The number of amides is 1. The molecule has 1 atom stereocenters. The van der Waals surface area contributed by atoms with Crippen molar-refractivity contribution in [2.75, 3.05) is 26.2 Å². The Morgan fingerprint density at radius 1 is 1.45 bits per heavy atom. The van der Waals surface area contributed by atoms with Gasteiger partial charge in [-0.2, -0.15) is 4.31 Å². The van der Waals surface area contributed by atoms with Crippen molar-refractivity contribution in [1.29, 1.82) is 0 Å². The van der Waals surface area contributed by atoms with Crippen molar-refractivity contribution < 1.29 is 32.2 Å². The second-order valence-electron chi connectivity index (χ2n) is 7.55. The maximum Gasteiger partial charge on any atom is 0.407 e. The Morgan fingerprint density at radius 2 is 2.17 bits per heavy atom. The van der Waals surface area contributed by atoms with E-state index in [1.807, 2.05) is 0 Å². The second-order valence-corrected chi connectivity index (χ2v) is 9.49. The summed E-state index contributed by atoms with van der Waals surface area (Å²) in [5.74, 6) is 0.0991. The lowest BCUT2D eigenvalue weighted by atomic mass is 10.2. The van der Waals surface area contributed by atoms with Crippen LogP contribution < -0.4 is 10.1 Å². The number of nitrogens with one attached hydrogen (secondary N) is 1. The van der Waals surface area contributed by atoms with Gasteiger partial charge < -0.3 is 19.9 Å². The Morgan fingerprint density at radius 3 is 2.69 bits per heavy atom. The summed E-state index contributed by atoms with van der Waals surface area (Å²) in [6.07, 6.45) is 0.503. The van der Waals surface area contributed by atoms with Gasteiger partial charge in [0.2, 0.25) is 15.9 Å². The number of hydrogen-bond donors (Lipinski definition) is 2. The molecular formula is C18H26FN3O6S. The van der Waals surface area contributed by atoms with Crippen LogP contribution in [0.2, 0.25) is 0 Å². The number of hydrogen-bond acceptors (Lipinski definition) is 7. The molecule has 1 fully saturated rings. The predicted molar refractivity (Wildman–Crippen MR) is 103 cm³/mol. The topological polar surface area (TPSA) is 118 Å². The van der Waals surface area contributed by atoms with Gasteiger partial charge in [-0.05, 0) is 33.3 Å². The van der Waals surface area contributed by atoms with Crippen LogP contribution in [0.3, 0.4) is 0 Å². The van der Waals surface area contributed by atoms with Gasteiger partial charge in [0.15, 0.2) is 0 Å². The molecule has 0 spiro atoms. The van der Waals surface area contributed by atoms with Crippen molar-refractivity contribution in [2.24, 2.45) is 0 Å². The van der Waals surface area contributed by atoms with E-state index < -0.39 is 27.8 Å². The maximum absolute atomic E-state index is 13.0. The fraction of sp³-hybridized carbons (Fsp3) is 0.556. The van der Waals surface area contributed by atoms with Crippen molar-refractivity contribution >= 4 is 16.1 Å². The lowest BCUT2D eigenvalue weighted by molar-refractivity contribution is 0.0531. The highest BCUT2D eigenvalue weighted by Crippen LogP contribution is 2.21. The van der Waals surface area contributed by atoms with Gasteiger partial charge in [-0.3, -0.25) is 0 Å². The van der Waals surface area contributed by atoms with Gasteiger partial charge in [-0.1, -0.05) is 0 Å². The van der Waals surface area contributed by atoms with E-state index in [0.29, 0.717) is 12.8 Å². The Bertz CT molecular complexity index is 836. The molecule has 1 aliphatic heterocycles. The zero-order valence-corrected chi connectivity index (χ0v) is 17.4. The summed E-state index contributed by atoms with van der Waals surface area (Å²) in [5.41, 5.74) is -0.528. The standard InChI is InChI=1S/C18H26FN3O6S/c1-18(2,3)28-17(24)21-9-13(8-19)12-27-16-5-4-15(10-20-16)29(25,26)22-7-6-14(23)11-22/h4-5,8,10,14,23H,6-7,9,11-12H2,1-3H3,(H,21,24)/b13-8+/t14-/m0/s1. The van der Waals surface area contributed by atoms with E-state index in [0.717, 1.165) is 6.20 Å². The molecule has 1 saturated heterocycles. The zero-order chi connectivity index (χ0) is 21.7. The molecule has 1 amide bonds. The summed E-state index contributed by atoms with van der Waals surface area (Å²) in [5, 5.41) is 11.9. The summed E-state index contributed by atoms with van der Waals surface area (Å²) in [6.45, 7) is 5.13. The smallest absolute Gasteiger partial charge is 0.407 e. The number of ether oxygens (including phenoxy) is 2. The van der Waals surface area contributed by atoms with Crippen LogP contribution in [0.4, 0.5) is 9.18 Å². The molecule has 0 radical (unpaired) electrons. The highest BCUT2D eigenvalue weighted by molar-refractivity contribution is 7.89. The predicted octanol–water partition coefficient (Wildman–Crippen LogP) is 1.59. The first-order valence-corrected chi connectivity index (χ1v) is 10.5. The Kier molecular flexibility index (Phi) is 7.55. The van der Waals surface area contributed by atoms with Gasteiger partial charge >= 0.3 is 6.09 Å². The van der Waals surface area contributed by atoms with Crippen LogP contribution in [0.5, 0.6) is 5.88 Å². The van der Waals surface area contributed by atoms with Crippen LogP contribution in [0, 0.1) is 0 Å². The van der Waals surface area contributed by atoms with Crippen molar-refractivity contribution in [3.8, 4) is 5.88 Å². The number of aliphatic hydroxyl groups excluding tert-OH is 1. The average Bonchev–Trinajstić information content (AvgIpc) is 3.08. The third-order valence-corrected chi connectivity index (χ3v) is 5.74. The van der Waals surface area contributed by atoms with Gasteiger partial charge in [0.05, 0.1) is 18.6 Å². The van der Waals surface area contributed by atoms with Crippen molar-refractivity contribution in [2.45, 2.75) is 43.8 Å².